The van der Waals surface area contributed by atoms with Crippen LogP contribution in [0.3, 0.4) is 0 Å². The molecule has 2 aliphatic rings. The fourth-order valence-electron chi connectivity index (χ4n) is 5.29. The average Bonchev–Trinajstić information content (AvgIpc) is 2.86. The van der Waals surface area contributed by atoms with Gasteiger partial charge in [0, 0.05) is 43.6 Å². The number of anilines is 2. The molecule has 2 aromatic carbocycles. The van der Waals surface area contributed by atoms with Crippen LogP contribution in [0.5, 0.6) is 5.75 Å². The Morgan fingerprint density at radius 2 is 1.71 bits per heavy atom. The van der Waals surface area contributed by atoms with Crippen molar-refractivity contribution in [2.75, 3.05) is 56.6 Å². The Kier molecular flexibility index (Phi) is 7.67. The number of methoxy groups -OCH3 is 1. The van der Waals surface area contributed by atoms with Crippen molar-refractivity contribution in [3.63, 3.8) is 0 Å². The smallest absolute Gasteiger partial charge is 0.321 e. The molecule has 2 heterocycles. The zero-order valence-corrected chi connectivity index (χ0v) is 21.4. The lowest BCUT2D eigenvalue weighted by atomic mass is 9.88. The van der Waals surface area contributed by atoms with E-state index >= 15 is 0 Å². The summed E-state index contributed by atoms with van der Waals surface area (Å²) in [5, 5.41) is 3.15. The van der Waals surface area contributed by atoms with E-state index in [0.29, 0.717) is 12.0 Å². The monoisotopic (exact) mass is 464 g/mol. The zero-order valence-electron chi connectivity index (χ0n) is 21.4. The number of urea groups is 1. The summed E-state index contributed by atoms with van der Waals surface area (Å²) in [7, 11) is 1.73. The van der Waals surface area contributed by atoms with E-state index in [-0.39, 0.29) is 6.03 Å². The fraction of sp³-hybridized carbons (Fsp3) is 0.536. The number of carbonyl (C=O) groups is 1. The first kappa shape index (κ1) is 24.4. The van der Waals surface area contributed by atoms with Gasteiger partial charge in [0.05, 0.1) is 7.11 Å². The minimum Gasteiger partial charge on any atom is -0.496 e. The molecule has 6 nitrogen and oxygen atoms in total. The van der Waals surface area contributed by atoms with E-state index in [0.717, 1.165) is 63.5 Å². The number of aryl methyl sites for hydroxylation is 1. The molecule has 34 heavy (non-hydrogen) atoms. The molecule has 0 saturated carbocycles. The van der Waals surface area contributed by atoms with Gasteiger partial charge in [-0.15, -0.1) is 0 Å². The minimum absolute atomic E-state index is 0.0219. The van der Waals surface area contributed by atoms with Crippen LogP contribution >= 0.6 is 0 Å². The topological polar surface area (TPSA) is 48.1 Å². The highest BCUT2D eigenvalue weighted by Crippen LogP contribution is 2.36. The molecule has 184 valence electrons. The molecule has 2 aromatic rings. The van der Waals surface area contributed by atoms with Crippen LogP contribution in [-0.2, 0) is 0 Å². The van der Waals surface area contributed by atoms with Gasteiger partial charge < -0.3 is 24.8 Å². The molecule has 0 radical (unpaired) electrons. The minimum atomic E-state index is -0.0219. The highest BCUT2D eigenvalue weighted by atomic mass is 16.5. The Balaban J connectivity index is 1.38. The van der Waals surface area contributed by atoms with Crippen molar-refractivity contribution in [1.82, 2.24) is 9.80 Å². The van der Waals surface area contributed by atoms with Crippen molar-refractivity contribution in [3.8, 4) is 5.75 Å². The van der Waals surface area contributed by atoms with Gasteiger partial charge in [-0.05, 0) is 100 Å². The zero-order chi connectivity index (χ0) is 24.2. The normalized spacial score (nSPS) is 17.8. The second-order valence-corrected chi connectivity index (χ2v) is 9.98. The van der Waals surface area contributed by atoms with Crippen molar-refractivity contribution in [1.29, 1.82) is 0 Å². The van der Waals surface area contributed by atoms with Crippen LogP contribution in [0.2, 0.25) is 0 Å². The van der Waals surface area contributed by atoms with E-state index in [1.807, 2.05) is 17.0 Å². The van der Waals surface area contributed by atoms with Crippen LogP contribution in [0.15, 0.2) is 36.4 Å². The van der Waals surface area contributed by atoms with E-state index < -0.39 is 0 Å². The summed E-state index contributed by atoms with van der Waals surface area (Å²) in [6, 6.07) is 13.1. The number of nitrogens with zero attached hydrogens (tertiary/aromatic N) is 3. The van der Waals surface area contributed by atoms with Crippen molar-refractivity contribution in [2.45, 2.75) is 52.5 Å². The molecule has 0 aromatic heterocycles. The van der Waals surface area contributed by atoms with Crippen molar-refractivity contribution >= 4 is 17.4 Å². The molecule has 0 bridgehead atoms. The number of amides is 2. The van der Waals surface area contributed by atoms with Gasteiger partial charge in [-0.1, -0.05) is 12.1 Å². The third-order valence-electron chi connectivity index (χ3n) is 7.66. The van der Waals surface area contributed by atoms with Gasteiger partial charge in [0.25, 0.3) is 0 Å². The molecule has 2 saturated heterocycles. The van der Waals surface area contributed by atoms with Gasteiger partial charge in [0.1, 0.15) is 5.75 Å². The first-order valence-corrected chi connectivity index (χ1v) is 12.7. The molecular weight excluding hydrogens is 424 g/mol. The SMILES string of the molecule is COc1ccc(NC(=O)N2CCN(c3cccc(C)c3C)CC2)cc1C1CCN(C(C)C)CC1. The molecule has 0 unspecified atom stereocenters. The molecule has 2 amide bonds. The van der Waals surface area contributed by atoms with Crippen molar-refractivity contribution in [2.24, 2.45) is 0 Å². The van der Waals surface area contributed by atoms with Gasteiger partial charge in [0.15, 0.2) is 0 Å². The summed E-state index contributed by atoms with van der Waals surface area (Å²) in [5.74, 6) is 1.38. The second kappa shape index (κ2) is 10.7. The maximum atomic E-state index is 13.1. The predicted octanol–water partition coefficient (Wildman–Crippen LogP) is 5.25. The van der Waals surface area contributed by atoms with E-state index in [1.54, 1.807) is 7.11 Å². The molecular formula is C28H40N4O2. The Labute approximate surface area is 204 Å². The average molecular weight is 465 g/mol. The van der Waals surface area contributed by atoms with E-state index in [1.165, 1.54) is 22.4 Å². The Hall–Kier alpha value is -2.73. The number of piperazine rings is 1. The van der Waals surface area contributed by atoms with Gasteiger partial charge in [0.2, 0.25) is 0 Å². The first-order valence-electron chi connectivity index (χ1n) is 12.7. The lowest BCUT2D eigenvalue weighted by Crippen LogP contribution is -2.50. The van der Waals surface area contributed by atoms with Gasteiger partial charge >= 0.3 is 6.03 Å². The number of likely N-dealkylation sites (tertiary alicyclic amines) is 1. The van der Waals surface area contributed by atoms with E-state index in [4.69, 9.17) is 4.74 Å². The number of benzene rings is 2. The molecule has 1 N–H and O–H groups in total. The number of nitrogens with one attached hydrogen (secondary N) is 1. The highest BCUT2D eigenvalue weighted by Gasteiger charge is 2.26. The lowest BCUT2D eigenvalue weighted by molar-refractivity contribution is 0.171. The maximum absolute atomic E-state index is 13.1. The van der Waals surface area contributed by atoms with Crippen molar-refractivity contribution < 1.29 is 9.53 Å². The molecule has 4 rings (SSSR count). The number of rotatable bonds is 5. The molecule has 2 aliphatic heterocycles. The molecule has 2 fully saturated rings. The Bertz CT molecular complexity index is 990. The maximum Gasteiger partial charge on any atom is 0.321 e. The summed E-state index contributed by atoms with van der Waals surface area (Å²) in [6.45, 7) is 14.2. The summed E-state index contributed by atoms with van der Waals surface area (Å²) in [5.41, 5.74) is 5.98. The van der Waals surface area contributed by atoms with Crippen LogP contribution in [0.1, 0.15) is 49.3 Å². The van der Waals surface area contributed by atoms with Crippen LogP contribution in [0.4, 0.5) is 16.2 Å². The third-order valence-corrected chi connectivity index (χ3v) is 7.66. The number of piperidine rings is 1. The largest absolute Gasteiger partial charge is 0.496 e. The van der Waals surface area contributed by atoms with Gasteiger partial charge in [-0.3, -0.25) is 0 Å². The van der Waals surface area contributed by atoms with E-state index in [9.17, 15) is 4.79 Å². The molecule has 0 atom stereocenters. The number of hydrogen-bond acceptors (Lipinski definition) is 4. The second-order valence-electron chi connectivity index (χ2n) is 9.98. The van der Waals surface area contributed by atoms with Crippen LogP contribution in [-0.4, -0.2) is 68.3 Å². The highest BCUT2D eigenvalue weighted by molar-refractivity contribution is 5.89. The first-order chi connectivity index (χ1) is 16.4. The van der Waals surface area contributed by atoms with Crippen LogP contribution in [0.25, 0.3) is 0 Å². The predicted molar refractivity (Wildman–Crippen MR) is 140 cm³/mol. The van der Waals surface area contributed by atoms with E-state index in [2.05, 4.69) is 67.1 Å². The van der Waals surface area contributed by atoms with Crippen LogP contribution in [0, 0.1) is 13.8 Å². The Morgan fingerprint density at radius 3 is 2.35 bits per heavy atom. The summed E-state index contributed by atoms with van der Waals surface area (Å²) < 4.78 is 5.68. The molecule has 0 spiro atoms. The van der Waals surface area contributed by atoms with Crippen molar-refractivity contribution in [3.05, 3.63) is 53.1 Å². The van der Waals surface area contributed by atoms with Crippen LogP contribution < -0.4 is 15.0 Å². The number of carbonyl (C=O) groups excluding carboxylic acids is 1. The van der Waals surface area contributed by atoms with Gasteiger partial charge in [-0.2, -0.15) is 0 Å². The molecule has 6 heteroatoms. The summed E-state index contributed by atoms with van der Waals surface area (Å²) in [4.78, 5) is 19.9. The standard InChI is InChI=1S/C28H40N4O2/c1-20(2)30-13-11-23(12-14-30)25-19-24(9-10-27(25)34-5)29-28(33)32-17-15-31(16-18-32)26-8-6-7-21(3)22(26)4/h6-10,19-20,23H,11-18H2,1-5H3,(H,29,33). The summed E-state index contributed by atoms with van der Waals surface area (Å²) >= 11 is 0. The number of ether oxygens (including phenoxy) is 1. The van der Waals surface area contributed by atoms with Gasteiger partial charge in [-0.25, -0.2) is 4.79 Å². The summed E-state index contributed by atoms with van der Waals surface area (Å²) in [6.07, 6.45) is 2.23. The number of hydrogen-bond donors (Lipinski definition) is 1. The quantitative estimate of drug-likeness (QED) is 0.656. The fourth-order valence-corrected chi connectivity index (χ4v) is 5.29. The Morgan fingerprint density at radius 1 is 1.00 bits per heavy atom. The third kappa shape index (κ3) is 5.33. The molecule has 0 aliphatic carbocycles. The lowest BCUT2D eigenvalue weighted by Gasteiger charge is -2.37.